The Bertz CT molecular complexity index is 466. The highest BCUT2D eigenvalue weighted by Gasteiger charge is 2.26. The third-order valence-corrected chi connectivity index (χ3v) is 5.34. The Balaban J connectivity index is 3.34. The van der Waals surface area contributed by atoms with Crippen molar-refractivity contribution in [2.75, 3.05) is 13.6 Å². The molecule has 0 amide bonds. The Morgan fingerprint density at radius 2 is 2.07 bits per heavy atom. The fraction of sp³-hybridized carbons (Fsp3) is 0.625. The lowest BCUT2D eigenvalue weighted by Crippen LogP contribution is -2.27. The molecule has 0 atom stereocenters. The zero-order valence-corrected chi connectivity index (χ0v) is 11.6. The topological polar surface area (TPSA) is 55.2 Å². The van der Waals surface area contributed by atoms with E-state index in [-0.39, 0.29) is 5.03 Å². The highest BCUT2D eigenvalue weighted by Crippen LogP contribution is 2.23. The van der Waals surface area contributed by atoms with Crippen molar-refractivity contribution < 1.29 is 8.42 Å². The molecule has 1 aromatic rings. The number of rotatable bonds is 3. The second-order valence-corrected chi connectivity index (χ2v) is 5.94. The first-order valence-corrected chi connectivity index (χ1v) is 6.70. The van der Waals surface area contributed by atoms with Gasteiger partial charge in [0, 0.05) is 20.6 Å². The van der Waals surface area contributed by atoms with E-state index in [2.05, 4.69) is 20.9 Å². The molecular weight excluding hydrogens is 282 g/mol. The van der Waals surface area contributed by atoms with E-state index in [0.717, 1.165) is 0 Å². The summed E-state index contributed by atoms with van der Waals surface area (Å²) < 4.78 is 27.4. The van der Waals surface area contributed by atoms with Crippen LogP contribution in [-0.4, -0.2) is 35.9 Å². The molecule has 5 nitrogen and oxygen atoms in total. The number of aromatic nitrogens is 2. The van der Waals surface area contributed by atoms with Gasteiger partial charge in [0.25, 0.3) is 10.0 Å². The fourth-order valence-corrected chi connectivity index (χ4v) is 3.23. The molecule has 1 heterocycles. The molecule has 15 heavy (non-hydrogen) atoms. The van der Waals surface area contributed by atoms with Crippen LogP contribution in [0.3, 0.4) is 0 Å². The highest BCUT2D eigenvalue weighted by molar-refractivity contribution is 9.10. The molecular formula is C8H14BrN3O2S. The van der Waals surface area contributed by atoms with Crippen LogP contribution < -0.4 is 0 Å². The maximum absolute atomic E-state index is 12.0. The molecule has 0 aliphatic rings. The SMILES string of the molecule is CCN(C)S(=O)(=O)c1nc(C)n(C)c1Br. The standard InChI is InChI=1S/C8H14BrN3O2S/c1-5-11(3)15(13,14)8-7(9)12(4)6(2)10-8/h5H2,1-4H3. The van der Waals surface area contributed by atoms with Crippen LogP contribution >= 0.6 is 15.9 Å². The Hall–Kier alpha value is -0.400. The van der Waals surface area contributed by atoms with E-state index in [4.69, 9.17) is 0 Å². The monoisotopic (exact) mass is 295 g/mol. The molecule has 86 valence electrons. The molecule has 0 bridgehead atoms. The van der Waals surface area contributed by atoms with Crippen LogP contribution in [0.5, 0.6) is 0 Å². The molecule has 0 fully saturated rings. The van der Waals surface area contributed by atoms with Crippen LogP contribution in [0.15, 0.2) is 9.63 Å². The van der Waals surface area contributed by atoms with Crippen molar-refractivity contribution in [2.45, 2.75) is 18.9 Å². The van der Waals surface area contributed by atoms with Crippen LogP contribution in [0.2, 0.25) is 0 Å². The number of sulfonamides is 1. The lowest BCUT2D eigenvalue weighted by atomic mass is 10.7. The normalized spacial score (nSPS) is 12.4. The van der Waals surface area contributed by atoms with Crippen molar-refractivity contribution in [2.24, 2.45) is 7.05 Å². The van der Waals surface area contributed by atoms with E-state index in [1.165, 1.54) is 11.4 Å². The number of aryl methyl sites for hydroxylation is 1. The molecule has 0 unspecified atom stereocenters. The molecule has 0 aliphatic carbocycles. The number of hydrogen-bond acceptors (Lipinski definition) is 3. The first-order chi connectivity index (χ1) is 6.82. The molecule has 0 aromatic carbocycles. The maximum atomic E-state index is 12.0. The summed E-state index contributed by atoms with van der Waals surface area (Å²) in [6.07, 6.45) is 0. The molecule has 0 aliphatic heterocycles. The van der Waals surface area contributed by atoms with Gasteiger partial charge in [0.1, 0.15) is 10.4 Å². The summed E-state index contributed by atoms with van der Waals surface area (Å²) in [5.74, 6) is 0.657. The van der Waals surface area contributed by atoms with Gasteiger partial charge in [-0.2, -0.15) is 4.31 Å². The minimum absolute atomic E-state index is 0.0758. The largest absolute Gasteiger partial charge is 0.325 e. The second-order valence-electron chi connectivity index (χ2n) is 3.23. The van der Waals surface area contributed by atoms with E-state index in [0.29, 0.717) is 17.0 Å². The lowest BCUT2D eigenvalue weighted by molar-refractivity contribution is 0.483. The zero-order valence-electron chi connectivity index (χ0n) is 9.15. The minimum Gasteiger partial charge on any atom is -0.325 e. The summed E-state index contributed by atoms with van der Waals surface area (Å²) in [7, 11) is -0.172. The third kappa shape index (κ3) is 2.09. The molecule has 0 N–H and O–H groups in total. The lowest BCUT2D eigenvalue weighted by Gasteiger charge is -2.12. The molecule has 0 radical (unpaired) electrons. The van der Waals surface area contributed by atoms with Gasteiger partial charge in [-0.1, -0.05) is 6.92 Å². The first kappa shape index (κ1) is 12.7. The average Bonchev–Trinajstić information content (AvgIpc) is 2.45. The van der Waals surface area contributed by atoms with Crippen LogP contribution in [0, 0.1) is 6.92 Å². The van der Waals surface area contributed by atoms with Gasteiger partial charge in [-0.25, -0.2) is 13.4 Å². The molecule has 0 saturated heterocycles. The summed E-state index contributed by atoms with van der Waals surface area (Å²) in [6, 6.07) is 0. The van der Waals surface area contributed by atoms with Gasteiger partial charge in [0.15, 0.2) is 0 Å². The van der Waals surface area contributed by atoms with E-state index >= 15 is 0 Å². The Morgan fingerprint density at radius 1 is 1.53 bits per heavy atom. The Kier molecular flexibility index (Phi) is 3.57. The van der Waals surface area contributed by atoms with Gasteiger partial charge in [0.2, 0.25) is 5.03 Å². The quantitative estimate of drug-likeness (QED) is 0.840. The fourth-order valence-electron chi connectivity index (χ4n) is 1.04. The van der Waals surface area contributed by atoms with Crippen molar-refractivity contribution in [1.82, 2.24) is 13.9 Å². The summed E-state index contributed by atoms with van der Waals surface area (Å²) >= 11 is 3.23. The molecule has 1 aromatic heterocycles. The maximum Gasteiger partial charge on any atom is 0.263 e. The summed E-state index contributed by atoms with van der Waals surface area (Å²) in [6.45, 7) is 3.96. The van der Waals surface area contributed by atoms with E-state index in [1.807, 2.05) is 0 Å². The van der Waals surface area contributed by atoms with E-state index < -0.39 is 10.0 Å². The second kappa shape index (κ2) is 4.23. The van der Waals surface area contributed by atoms with Crippen LogP contribution in [0.25, 0.3) is 0 Å². The number of nitrogens with zero attached hydrogens (tertiary/aromatic N) is 3. The van der Waals surface area contributed by atoms with Gasteiger partial charge in [-0.3, -0.25) is 0 Å². The van der Waals surface area contributed by atoms with Gasteiger partial charge in [0.05, 0.1) is 0 Å². The van der Waals surface area contributed by atoms with E-state index in [9.17, 15) is 8.42 Å². The highest BCUT2D eigenvalue weighted by atomic mass is 79.9. The molecule has 7 heteroatoms. The minimum atomic E-state index is -3.47. The first-order valence-electron chi connectivity index (χ1n) is 4.47. The third-order valence-electron chi connectivity index (χ3n) is 2.32. The van der Waals surface area contributed by atoms with Crippen LogP contribution in [0.4, 0.5) is 0 Å². The van der Waals surface area contributed by atoms with Crippen molar-refractivity contribution in [3.8, 4) is 0 Å². The number of halogens is 1. The van der Waals surface area contributed by atoms with Crippen molar-refractivity contribution in [3.05, 3.63) is 10.4 Å². The summed E-state index contributed by atoms with van der Waals surface area (Å²) in [5.41, 5.74) is 0. The molecule has 0 saturated carbocycles. The number of imidazole rings is 1. The van der Waals surface area contributed by atoms with Crippen molar-refractivity contribution in [3.63, 3.8) is 0 Å². The Morgan fingerprint density at radius 3 is 2.40 bits per heavy atom. The van der Waals surface area contributed by atoms with Crippen molar-refractivity contribution >= 4 is 26.0 Å². The van der Waals surface area contributed by atoms with Crippen molar-refractivity contribution in [1.29, 1.82) is 0 Å². The van der Waals surface area contributed by atoms with Crippen LogP contribution in [0.1, 0.15) is 12.7 Å². The zero-order chi connectivity index (χ0) is 11.8. The summed E-state index contributed by atoms with van der Waals surface area (Å²) in [5, 5.41) is 0.0758. The molecule has 1 rings (SSSR count). The predicted octanol–water partition coefficient (Wildman–Crippen LogP) is 1.13. The van der Waals surface area contributed by atoms with Gasteiger partial charge in [-0.05, 0) is 22.9 Å². The Labute approximate surface area is 98.3 Å². The van der Waals surface area contributed by atoms with E-state index in [1.54, 1.807) is 25.5 Å². The number of hydrogen-bond donors (Lipinski definition) is 0. The van der Waals surface area contributed by atoms with Gasteiger partial charge < -0.3 is 4.57 Å². The van der Waals surface area contributed by atoms with Gasteiger partial charge in [-0.15, -0.1) is 0 Å². The smallest absolute Gasteiger partial charge is 0.263 e. The van der Waals surface area contributed by atoms with Gasteiger partial charge >= 0.3 is 0 Å². The summed E-state index contributed by atoms with van der Waals surface area (Å²) in [4.78, 5) is 4.04. The predicted molar refractivity (Wildman–Crippen MR) is 61.1 cm³/mol. The average molecular weight is 296 g/mol. The van der Waals surface area contributed by atoms with Crippen LogP contribution in [-0.2, 0) is 17.1 Å². The molecule has 0 spiro atoms.